The number of imide groups is 1. The Hall–Kier alpha value is -3.13. The van der Waals surface area contributed by atoms with E-state index in [1.165, 1.54) is 17.6 Å². The number of allylic oxidation sites excluding steroid dienone is 3. The fourth-order valence-corrected chi connectivity index (χ4v) is 5.33. The molecule has 0 N–H and O–H groups in total. The van der Waals surface area contributed by atoms with Crippen LogP contribution in [0, 0.1) is 5.41 Å². The first-order valence-corrected chi connectivity index (χ1v) is 13.2. The monoisotopic (exact) mass is 509 g/mol. The lowest BCUT2D eigenvalue weighted by molar-refractivity contribution is -0.116. The van der Waals surface area contributed by atoms with Crippen LogP contribution < -0.4 is 0 Å². The quantitative estimate of drug-likeness (QED) is 0.533. The zero-order chi connectivity index (χ0) is 26.5. The summed E-state index contributed by atoms with van der Waals surface area (Å²) < 4.78 is 10.3. The number of nitrogens with zero attached hydrogens (tertiary/aromatic N) is 3. The summed E-state index contributed by atoms with van der Waals surface area (Å²) in [5.41, 5.74) is 2.43. The van der Waals surface area contributed by atoms with Gasteiger partial charge < -0.3 is 14.4 Å². The molecule has 0 bridgehead atoms. The number of cyclic esters (lactones) is 1. The first-order chi connectivity index (χ1) is 17.7. The molecule has 5 rings (SSSR count). The van der Waals surface area contributed by atoms with Gasteiger partial charge in [0, 0.05) is 31.6 Å². The molecule has 3 saturated heterocycles. The van der Waals surface area contributed by atoms with Gasteiger partial charge >= 0.3 is 12.2 Å². The van der Waals surface area contributed by atoms with Crippen molar-refractivity contribution in [1.82, 2.24) is 14.7 Å². The van der Waals surface area contributed by atoms with Crippen molar-refractivity contribution in [2.75, 3.05) is 32.8 Å². The number of likely N-dealkylation sites (tertiary alicyclic amines) is 2. The summed E-state index contributed by atoms with van der Waals surface area (Å²) in [4.78, 5) is 39.3. The average Bonchev–Trinajstić information content (AvgIpc) is 3.42. The third-order valence-electron chi connectivity index (χ3n) is 7.13. The van der Waals surface area contributed by atoms with Crippen molar-refractivity contribution in [2.24, 2.45) is 5.41 Å². The van der Waals surface area contributed by atoms with Crippen molar-refractivity contribution in [1.29, 1.82) is 0 Å². The maximum atomic E-state index is 12.0. The minimum Gasteiger partial charge on any atom is -0.447 e. The van der Waals surface area contributed by atoms with E-state index in [9.17, 15) is 14.4 Å². The second kappa shape index (κ2) is 11.5. The Morgan fingerprint density at radius 1 is 1.16 bits per heavy atom. The normalized spacial score (nSPS) is 22.6. The second-order valence-corrected chi connectivity index (χ2v) is 11.5. The molecule has 0 saturated carbocycles. The van der Waals surface area contributed by atoms with Gasteiger partial charge in [0.2, 0.25) is 6.41 Å². The third kappa shape index (κ3) is 7.22. The highest BCUT2D eigenvalue weighted by atomic mass is 16.6. The predicted octanol–water partition coefficient (Wildman–Crippen LogP) is 4.76. The smallest absolute Gasteiger partial charge is 0.416 e. The number of ether oxygens (including phenoxy) is 2. The van der Waals surface area contributed by atoms with E-state index in [4.69, 9.17) is 9.47 Å². The van der Waals surface area contributed by atoms with Crippen LogP contribution in [0.4, 0.5) is 9.59 Å². The van der Waals surface area contributed by atoms with Gasteiger partial charge in [-0.15, -0.1) is 0 Å². The number of hydrogen-bond donors (Lipinski definition) is 0. The topological polar surface area (TPSA) is 79.4 Å². The Kier molecular flexibility index (Phi) is 8.37. The van der Waals surface area contributed by atoms with Gasteiger partial charge in [0.1, 0.15) is 12.2 Å². The van der Waals surface area contributed by atoms with Crippen LogP contribution in [0.25, 0.3) is 0 Å². The second-order valence-electron chi connectivity index (χ2n) is 11.5. The number of benzene rings is 1. The molecule has 4 aliphatic rings. The Morgan fingerprint density at radius 3 is 2.57 bits per heavy atom. The van der Waals surface area contributed by atoms with Gasteiger partial charge in [0.25, 0.3) is 0 Å². The van der Waals surface area contributed by atoms with E-state index in [-0.39, 0.29) is 12.1 Å². The molecule has 1 aromatic rings. The summed E-state index contributed by atoms with van der Waals surface area (Å²) in [6.45, 7) is 10.9. The van der Waals surface area contributed by atoms with E-state index >= 15 is 0 Å². The number of hydrogen-bond acceptors (Lipinski definition) is 6. The van der Waals surface area contributed by atoms with Gasteiger partial charge in [-0.05, 0) is 58.6 Å². The molecule has 1 spiro atoms. The van der Waals surface area contributed by atoms with Crippen molar-refractivity contribution >= 4 is 18.6 Å². The maximum Gasteiger partial charge on any atom is 0.416 e. The van der Waals surface area contributed by atoms with Crippen LogP contribution in [-0.4, -0.2) is 77.7 Å². The molecule has 3 fully saturated rings. The van der Waals surface area contributed by atoms with Gasteiger partial charge in [0.05, 0.1) is 6.04 Å². The molecule has 200 valence electrons. The minimum absolute atomic E-state index is 0.135. The van der Waals surface area contributed by atoms with Gasteiger partial charge in [-0.3, -0.25) is 9.69 Å². The summed E-state index contributed by atoms with van der Waals surface area (Å²) in [5.74, 6) is 0. The van der Waals surface area contributed by atoms with Crippen LogP contribution in [0.2, 0.25) is 0 Å². The van der Waals surface area contributed by atoms with Crippen LogP contribution >= 0.6 is 0 Å². The summed E-state index contributed by atoms with van der Waals surface area (Å²) in [6.07, 6.45) is 10.1. The first-order valence-electron chi connectivity index (χ1n) is 13.2. The van der Waals surface area contributed by atoms with E-state index in [1.54, 1.807) is 0 Å². The number of carbonyl (C=O) groups excluding carboxylic acids is 3. The average molecular weight is 510 g/mol. The minimum atomic E-state index is -0.532. The highest BCUT2D eigenvalue weighted by Crippen LogP contribution is 2.40. The molecule has 3 heterocycles. The summed E-state index contributed by atoms with van der Waals surface area (Å²) in [7, 11) is 0. The Morgan fingerprint density at radius 2 is 1.92 bits per heavy atom. The van der Waals surface area contributed by atoms with Crippen molar-refractivity contribution < 1.29 is 23.9 Å². The molecule has 1 aliphatic carbocycles. The molecule has 1 atom stereocenters. The van der Waals surface area contributed by atoms with Crippen LogP contribution in [0.3, 0.4) is 0 Å². The summed E-state index contributed by atoms with van der Waals surface area (Å²) in [5, 5.41) is 0. The highest BCUT2D eigenvalue weighted by molar-refractivity contribution is 5.82. The lowest BCUT2D eigenvalue weighted by Crippen LogP contribution is -2.60. The largest absolute Gasteiger partial charge is 0.447 e. The molecule has 1 aromatic carbocycles. The Bertz CT molecular complexity index is 1020. The summed E-state index contributed by atoms with van der Waals surface area (Å²) in [6, 6.07) is 10.5. The summed E-state index contributed by atoms with van der Waals surface area (Å²) >= 11 is 0. The molecule has 3 aliphatic heterocycles. The van der Waals surface area contributed by atoms with Crippen molar-refractivity contribution in [2.45, 2.75) is 64.6 Å². The van der Waals surface area contributed by atoms with E-state index in [0.717, 1.165) is 50.5 Å². The molecule has 0 aromatic heterocycles. The molecule has 1 unspecified atom stereocenters. The van der Waals surface area contributed by atoms with Gasteiger partial charge in [0.15, 0.2) is 0 Å². The predicted molar refractivity (Wildman–Crippen MR) is 141 cm³/mol. The molecule has 0 radical (unpaired) electrons. The lowest BCUT2D eigenvalue weighted by atomic mass is 9.79. The number of carbonyl (C=O) groups is 3. The van der Waals surface area contributed by atoms with E-state index in [0.29, 0.717) is 24.9 Å². The lowest BCUT2D eigenvalue weighted by Gasteiger charge is -2.47. The Labute approximate surface area is 219 Å². The third-order valence-corrected chi connectivity index (χ3v) is 7.13. The van der Waals surface area contributed by atoms with E-state index < -0.39 is 11.7 Å². The van der Waals surface area contributed by atoms with E-state index in [1.807, 2.05) is 25.7 Å². The van der Waals surface area contributed by atoms with Gasteiger partial charge in [-0.2, -0.15) is 0 Å². The molecular weight excluding hydrogens is 470 g/mol. The van der Waals surface area contributed by atoms with Crippen molar-refractivity contribution in [3.8, 4) is 0 Å². The van der Waals surface area contributed by atoms with Crippen LogP contribution in [-0.2, 0) is 20.8 Å². The fourth-order valence-electron chi connectivity index (χ4n) is 5.33. The molecule has 8 heteroatoms. The standard InChI is InChI=1S/C18H26N2O2.C11H13NO3/c1-17(2,3)22-16(21)20-13-18(14-20)9-10-19(12-18)11-15-7-5-4-6-8-15;13-8-12-10(7-15-11(12)14)6-9-4-2-1-3-5-9/h4-8H,9-14H2,1-3H3;2,4-5,8,10H,1,3,6-7H2. The molecule has 8 nitrogen and oxygen atoms in total. The zero-order valence-corrected chi connectivity index (χ0v) is 22.2. The van der Waals surface area contributed by atoms with Crippen molar-refractivity contribution in [3.63, 3.8) is 0 Å². The van der Waals surface area contributed by atoms with Crippen LogP contribution in [0.15, 0.2) is 54.1 Å². The van der Waals surface area contributed by atoms with Crippen molar-refractivity contribution in [3.05, 3.63) is 59.7 Å². The molecule has 3 amide bonds. The van der Waals surface area contributed by atoms with E-state index in [2.05, 4.69) is 53.5 Å². The molecular formula is C29H39N3O5. The SMILES string of the molecule is CC(C)(C)OC(=O)N1CC2(CCN(Cc3ccccc3)C2)C1.O=CN1C(=O)OCC1CC1=CCCC=C1. The highest BCUT2D eigenvalue weighted by Gasteiger charge is 2.50. The zero-order valence-electron chi connectivity index (χ0n) is 22.2. The Balaban J connectivity index is 0.000000186. The molecule has 37 heavy (non-hydrogen) atoms. The van der Waals surface area contributed by atoms with Crippen LogP contribution in [0.1, 0.15) is 52.0 Å². The van der Waals surface area contributed by atoms with Crippen LogP contribution in [0.5, 0.6) is 0 Å². The van der Waals surface area contributed by atoms with Gasteiger partial charge in [-0.1, -0.05) is 54.1 Å². The maximum absolute atomic E-state index is 12.0. The number of amides is 3. The first kappa shape index (κ1) is 26.9. The number of rotatable bonds is 5. The van der Waals surface area contributed by atoms with Gasteiger partial charge in [-0.25, -0.2) is 14.5 Å². The fraction of sp³-hybridized carbons (Fsp3) is 0.552.